The van der Waals surface area contributed by atoms with Crippen LogP contribution in [0.15, 0.2) is 6.33 Å². The van der Waals surface area contributed by atoms with Crippen molar-refractivity contribution < 1.29 is 4.92 Å². The van der Waals surface area contributed by atoms with Crippen LogP contribution in [-0.4, -0.2) is 26.5 Å². The molecule has 0 atom stereocenters. The van der Waals surface area contributed by atoms with Gasteiger partial charge in [-0.05, 0) is 33.6 Å². The van der Waals surface area contributed by atoms with E-state index in [0.29, 0.717) is 5.82 Å². The average molecular weight is 293 g/mol. The van der Waals surface area contributed by atoms with Gasteiger partial charge in [0, 0.05) is 11.6 Å². The van der Waals surface area contributed by atoms with Gasteiger partial charge in [0.2, 0.25) is 11.6 Å². The highest BCUT2D eigenvalue weighted by atomic mass is 16.6. The summed E-state index contributed by atoms with van der Waals surface area (Å²) in [4.78, 5) is 19.1. The van der Waals surface area contributed by atoms with E-state index in [4.69, 9.17) is 0 Å². The minimum Gasteiger partial charge on any atom is -0.361 e. The Kier molecular flexibility index (Phi) is 4.59. The molecule has 0 unspecified atom stereocenters. The molecular formula is C14H23N5O2. The second-order valence-corrected chi connectivity index (χ2v) is 6.53. The Morgan fingerprint density at radius 3 is 2.38 bits per heavy atom. The number of nitrogens with one attached hydrogen (secondary N) is 2. The van der Waals surface area contributed by atoms with Gasteiger partial charge in [-0.25, -0.2) is 9.97 Å². The molecular weight excluding hydrogens is 270 g/mol. The Hall–Kier alpha value is -1.92. The highest BCUT2D eigenvalue weighted by Crippen LogP contribution is 2.32. The van der Waals surface area contributed by atoms with Crippen molar-refractivity contribution in [3.05, 3.63) is 16.4 Å². The fourth-order valence-electron chi connectivity index (χ4n) is 2.54. The van der Waals surface area contributed by atoms with Gasteiger partial charge in [0.05, 0.1) is 4.92 Å². The molecule has 21 heavy (non-hydrogen) atoms. The quantitative estimate of drug-likeness (QED) is 0.653. The molecule has 7 heteroatoms. The summed E-state index contributed by atoms with van der Waals surface area (Å²) in [5, 5.41) is 17.7. The monoisotopic (exact) mass is 293 g/mol. The molecule has 0 bridgehead atoms. The molecule has 0 radical (unpaired) electrons. The van der Waals surface area contributed by atoms with E-state index in [0.717, 1.165) is 25.7 Å². The second kappa shape index (κ2) is 6.24. The van der Waals surface area contributed by atoms with Crippen LogP contribution in [0.4, 0.5) is 17.3 Å². The maximum Gasteiger partial charge on any atom is 0.353 e. The lowest BCUT2D eigenvalue weighted by Crippen LogP contribution is -2.28. The minimum atomic E-state index is -0.417. The molecule has 1 saturated carbocycles. The normalized spacial score (nSPS) is 16.5. The molecule has 1 fully saturated rings. The van der Waals surface area contributed by atoms with Crippen molar-refractivity contribution in [1.82, 2.24) is 9.97 Å². The molecule has 1 aliphatic rings. The first kappa shape index (κ1) is 15.5. The van der Waals surface area contributed by atoms with Crippen LogP contribution in [0.2, 0.25) is 0 Å². The number of anilines is 2. The molecule has 0 spiro atoms. The maximum absolute atomic E-state index is 11.4. The van der Waals surface area contributed by atoms with E-state index in [1.165, 1.54) is 12.7 Å². The van der Waals surface area contributed by atoms with Crippen LogP contribution in [0.3, 0.4) is 0 Å². The van der Waals surface area contributed by atoms with Gasteiger partial charge in [-0.3, -0.25) is 10.1 Å². The van der Waals surface area contributed by atoms with Crippen LogP contribution in [0.25, 0.3) is 0 Å². The summed E-state index contributed by atoms with van der Waals surface area (Å²) in [5.41, 5.74) is -0.376. The third-order valence-corrected chi connectivity index (χ3v) is 3.44. The van der Waals surface area contributed by atoms with Crippen LogP contribution in [0.1, 0.15) is 52.9 Å². The minimum absolute atomic E-state index is 0.0713. The van der Waals surface area contributed by atoms with Crippen molar-refractivity contribution in [2.75, 3.05) is 10.6 Å². The molecule has 2 N–H and O–H groups in total. The van der Waals surface area contributed by atoms with E-state index in [-0.39, 0.29) is 23.1 Å². The Bertz CT molecular complexity index is 507. The largest absolute Gasteiger partial charge is 0.361 e. The molecule has 0 aliphatic heterocycles. The first-order valence-electron chi connectivity index (χ1n) is 7.41. The van der Waals surface area contributed by atoms with Crippen LogP contribution in [-0.2, 0) is 0 Å². The van der Waals surface area contributed by atoms with Gasteiger partial charge >= 0.3 is 5.69 Å². The molecule has 1 heterocycles. The number of hydrogen-bond acceptors (Lipinski definition) is 6. The van der Waals surface area contributed by atoms with Crippen molar-refractivity contribution in [2.24, 2.45) is 0 Å². The molecule has 0 saturated heterocycles. The highest BCUT2D eigenvalue weighted by Gasteiger charge is 2.27. The summed E-state index contributed by atoms with van der Waals surface area (Å²) in [7, 11) is 0. The average Bonchev–Trinajstić information content (AvgIpc) is 2.37. The summed E-state index contributed by atoms with van der Waals surface area (Å²) in [6.45, 7) is 5.81. The van der Waals surface area contributed by atoms with Crippen molar-refractivity contribution in [2.45, 2.75) is 64.5 Å². The van der Waals surface area contributed by atoms with Gasteiger partial charge in [0.15, 0.2) is 0 Å². The molecule has 1 aliphatic carbocycles. The van der Waals surface area contributed by atoms with Crippen molar-refractivity contribution in [3.63, 3.8) is 0 Å². The Morgan fingerprint density at radius 2 is 1.81 bits per heavy atom. The van der Waals surface area contributed by atoms with E-state index in [1.807, 2.05) is 20.8 Å². The van der Waals surface area contributed by atoms with E-state index in [1.54, 1.807) is 0 Å². The Labute approximate surface area is 124 Å². The number of nitro groups is 1. The third kappa shape index (κ3) is 4.27. The molecule has 1 aromatic rings. The predicted molar refractivity (Wildman–Crippen MR) is 82.6 cm³/mol. The van der Waals surface area contributed by atoms with Crippen LogP contribution in [0, 0.1) is 10.1 Å². The highest BCUT2D eigenvalue weighted by molar-refractivity contribution is 5.70. The molecule has 0 amide bonds. The first-order valence-corrected chi connectivity index (χ1v) is 7.41. The number of nitrogens with zero attached hydrogens (tertiary/aromatic N) is 3. The predicted octanol–water partition coefficient (Wildman–Crippen LogP) is 3.34. The number of rotatable bonds is 4. The Morgan fingerprint density at radius 1 is 1.19 bits per heavy atom. The number of hydrogen-bond donors (Lipinski definition) is 2. The summed E-state index contributed by atoms with van der Waals surface area (Å²) < 4.78 is 0. The summed E-state index contributed by atoms with van der Waals surface area (Å²) in [5.74, 6) is 0.578. The first-order chi connectivity index (χ1) is 9.87. The van der Waals surface area contributed by atoms with Gasteiger partial charge in [0.1, 0.15) is 6.33 Å². The van der Waals surface area contributed by atoms with Gasteiger partial charge in [-0.15, -0.1) is 0 Å². The SMILES string of the molecule is CC(C)(C)Nc1ncnc(NC2CCCCC2)c1[N+](=O)[O-]. The molecule has 1 aromatic heterocycles. The molecule has 0 aromatic carbocycles. The van der Waals surface area contributed by atoms with Crippen molar-refractivity contribution >= 4 is 17.3 Å². The topological polar surface area (TPSA) is 93.0 Å². The van der Waals surface area contributed by atoms with Gasteiger partial charge in [-0.2, -0.15) is 0 Å². The summed E-state index contributed by atoms with van der Waals surface area (Å²) in [6.07, 6.45) is 6.98. The molecule has 2 rings (SSSR count). The second-order valence-electron chi connectivity index (χ2n) is 6.53. The molecule has 116 valence electrons. The van der Waals surface area contributed by atoms with Crippen LogP contribution in [0.5, 0.6) is 0 Å². The smallest absolute Gasteiger partial charge is 0.353 e. The zero-order valence-corrected chi connectivity index (χ0v) is 12.8. The van der Waals surface area contributed by atoms with E-state index in [2.05, 4.69) is 20.6 Å². The Balaban J connectivity index is 2.27. The zero-order valence-electron chi connectivity index (χ0n) is 12.8. The van der Waals surface area contributed by atoms with Crippen molar-refractivity contribution in [1.29, 1.82) is 0 Å². The zero-order chi connectivity index (χ0) is 15.5. The fourth-order valence-corrected chi connectivity index (χ4v) is 2.54. The van der Waals surface area contributed by atoms with Crippen LogP contribution >= 0.6 is 0 Å². The van der Waals surface area contributed by atoms with E-state index < -0.39 is 4.92 Å². The van der Waals surface area contributed by atoms with Crippen LogP contribution < -0.4 is 10.6 Å². The van der Waals surface area contributed by atoms with E-state index >= 15 is 0 Å². The summed E-state index contributed by atoms with van der Waals surface area (Å²) in [6, 6.07) is 0.259. The lowest BCUT2D eigenvalue weighted by Gasteiger charge is -2.24. The lowest BCUT2D eigenvalue weighted by atomic mass is 9.95. The number of aromatic nitrogens is 2. The van der Waals surface area contributed by atoms with Crippen molar-refractivity contribution in [3.8, 4) is 0 Å². The standard InChI is InChI=1S/C14H23N5O2/c1-14(2,3)18-13-11(19(20)21)12(15-9-16-13)17-10-7-5-4-6-8-10/h9-10H,4-8H2,1-3H3,(H2,15,16,17,18). The lowest BCUT2D eigenvalue weighted by molar-refractivity contribution is -0.383. The van der Waals surface area contributed by atoms with Gasteiger partial charge in [0.25, 0.3) is 0 Å². The van der Waals surface area contributed by atoms with E-state index in [9.17, 15) is 10.1 Å². The maximum atomic E-state index is 11.4. The third-order valence-electron chi connectivity index (χ3n) is 3.44. The summed E-state index contributed by atoms with van der Waals surface area (Å²) >= 11 is 0. The van der Waals surface area contributed by atoms with Gasteiger partial charge in [-0.1, -0.05) is 19.3 Å². The fraction of sp³-hybridized carbons (Fsp3) is 0.714. The van der Waals surface area contributed by atoms with Gasteiger partial charge < -0.3 is 10.6 Å². The molecule has 7 nitrogen and oxygen atoms in total.